The normalized spacial score (nSPS) is 11.2. The standard InChI is InChI=1S/C17H27NO/c19-15-10-8-6-4-2-1-3-5-7-9-12-17-13-11-14-18-16-17/h6,8,11,13-14,16,19H,1-5,7,9-10,12,15H2/b8-6+. The van der Waals surface area contributed by atoms with Gasteiger partial charge in [-0.05, 0) is 43.7 Å². The lowest BCUT2D eigenvalue weighted by Crippen LogP contribution is -1.87. The molecule has 19 heavy (non-hydrogen) atoms. The highest BCUT2D eigenvalue weighted by Gasteiger charge is 1.93. The molecule has 1 heterocycles. The van der Waals surface area contributed by atoms with Gasteiger partial charge in [-0.15, -0.1) is 0 Å². The van der Waals surface area contributed by atoms with Crippen LogP contribution in [0.1, 0.15) is 56.9 Å². The molecule has 0 aromatic carbocycles. The molecule has 0 bridgehead atoms. The fourth-order valence-electron chi connectivity index (χ4n) is 2.15. The van der Waals surface area contributed by atoms with E-state index in [-0.39, 0.29) is 6.61 Å². The van der Waals surface area contributed by atoms with Crippen LogP contribution in [0.4, 0.5) is 0 Å². The first-order chi connectivity index (χ1) is 9.43. The molecule has 1 aromatic rings. The maximum atomic E-state index is 8.62. The fraction of sp³-hybridized carbons (Fsp3) is 0.588. The van der Waals surface area contributed by atoms with Crippen LogP contribution in [0.2, 0.25) is 0 Å². The van der Waals surface area contributed by atoms with Crippen LogP contribution in [-0.2, 0) is 6.42 Å². The van der Waals surface area contributed by atoms with E-state index in [1.165, 1.54) is 44.1 Å². The zero-order chi connectivity index (χ0) is 13.6. The number of aryl methyl sites for hydroxylation is 1. The predicted molar refractivity (Wildman–Crippen MR) is 81.1 cm³/mol. The van der Waals surface area contributed by atoms with Crippen LogP contribution < -0.4 is 0 Å². The van der Waals surface area contributed by atoms with E-state index in [0.717, 1.165) is 19.3 Å². The first-order valence-electron chi connectivity index (χ1n) is 7.58. The largest absolute Gasteiger partial charge is 0.396 e. The van der Waals surface area contributed by atoms with Gasteiger partial charge in [-0.25, -0.2) is 0 Å². The molecule has 0 aliphatic carbocycles. The van der Waals surface area contributed by atoms with Crippen molar-refractivity contribution in [3.63, 3.8) is 0 Å². The molecule has 0 aliphatic heterocycles. The van der Waals surface area contributed by atoms with Gasteiger partial charge in [-0.3, -0.25) is 4.98 Å². The second-order valence-corrected chi connectivity index (χ2v) is 5.00. The van der Waals surface area contributed by atoms with Crippen molar-refractivity contribution in [3.8, 4) is 0 Å². The number of pyridine rings is 1. The lowest BCUT2D eigenvalue weighted by molar-refractivity contribution is 0.302. The van der Waals surface area contributed by atoms with Crippen LogP contribution in [-0.4, -0.2) is 16.7 Å². The molecule has 1 rings (SSSR count). The van der Waals surface area contributed by atoms with Gasteiger partial charge >= 0.3 is 0 Å². The van der Waals surface area contributed by atoms with Crippen molar-refractivity contribution in [2.45, 2.75) is 57.8 Å². The summed E-state index contributed by atoms with van der Waals surface area (Å²) >= 11 is 0. The minimum absolute atomic E-state index is 0.271. The Balaban J connectivity index is 1.84. The summed E-state index contributed by atoms with van der Waals surface area (Å²) in [5, 5.41) is 8.62. The number of hydrogen-bond acceptors (Lipinski definition) is 2. The van der Waals surface area contributed by atoms with Crippen LogP contribution in [0.5, 0.6) is 0 Å². The van der Waals surface area contributed by atoms with Crippen molar-refractivity contribution in [2.24, 2.45) is 0 Å². The predicted octanol–water partition coefficient (Wildman–Crippen LogP) is 4.29. The van der Waals surface area contributed by atoms with Crippen molar-refractivity contribution in [1.29, 1.82) is 0 Å². The maximum Gasteiger partial charge on any atom is 0.0465 e. The first kappa shape index (κ1) is 15.9. The highest BCUT2D eigenvalue weighted by Crippen LogP contribution is 2.10. The summed E-state index contributed by atoms with van der Waals surface area (Å²) in [6.45, 7) is 0.271. The summed E-state index contributed by atoms with van der Waals surface area (Å²) in [6.07, 6.45) is 19.1. The Morgan fingerprint density at radius 2 is 1.68 bits per heavy atom. The Bertz CT molecular complexity index is 321. The number of nitrogens with zero attached hydrogens (tertiary/aromatic N) is 1. The zero-order valence-electron chi connectivity index (χ0n) is 11.9. The highest BCUT2D eigenvalue weighted by molar-refractivity contribution is 5.08. The molecule has 0 spiro atoms. The van der Waals surface area contributed by atoms with E-state index >= 15 is 0 Å². The minimum atomic E-state index is 0.271. The van der Waals surface area contributed by atoms with Gasteiger partial charge in [0.1, 0.15) is 0 Å². The van der Waals surface area contributed by atoms with Gasteiger partial charge in [0, 0.05) is 19.0 Å². The second-order valence-electron chi connectivity index (χ2n) is 5.00. The first-order valence-corrected chi connectivity index (χ1v) is 7.58. The van der Waals surface area contributed by atoms with E-state index in [1.807, 2.05) is 18.5 Å². The highest BCUT2D eigenvalue weighted by atomic mass is 16.2. The third-order valence-corrected chi connectivity index (χ3v) is 3.27. The Morgan fingerprint density at radius 3 is 2.42 bits per heavy atom. The van der Waals surface area contributed by atoms with E-state index < -0.39 is 0 Å². The monoisotopic (exact) mass is 261 g/mol. The number of unbranched alkanes of at least 4 members (excludes halogenated alkanes) is 6. The molecule has 0 radical (unpaired) electrons. The quantitative estimate of drug-likeness (QED) is 0.476. The average Bonchev–Trinajstić information content (AvgIpc) is 2.46. The number of aromatic nitrogens is 1. The van der Waals surface area contributed by atoms with Crippen LogP contribution >= 0.6 is 0 Å². The molecular weight excluding hydrogens is 234 g/mol. The van der Waals surface area contributed by atoms with Gasteiger partial charge in [0.05, 0.1) is 0 Å². The Hall–Kier alpha value is -1.15. The molecule has 0 amide bonds. The summed E-state index contributed by atoms with van der Waals surface area (Å²) in [4.78, 5) is 4.13. The topological polar surface area (TPSA) is 33.1 Å². The molecular formula is C17H27NO. The van der Waals surface area contributed by atoms with Gasteiger partial charge in [0.2, 0.25) is 0 Å². The van der Waals surface area contributed by atoms with E-state index in [1.54, 1.807) is 0 Å². The minimum Gasteiger partial charge on any atom is -0.396 e. The third-order valence-electron chi connectivity index (χ3n) is 3.27. The van der Waals surface area contributed by atoms with Gasteiger partial charge in [-0.2, -0.15) is 0 Å². The summed E-state index contributed by atoms with van der Waals surface area (Å²) in [7, 11) is 0. The molecule has 2 nitrogen and oxygen atoms in total. The SMILES string of the molecule is OCC/C=C/CCCCCCCCc1cccnc1. The fourth-order valence-corrected chi connectivity index (χ4v) is 2.15. The Kier molecular flexibility index (Phi) is 9.97. The van der Waals surface area contributed by atoms with Gasteiger partial charge in [-0.1, -0.05) is 43.9 Å². The number of hydrogen-bond donors (Lipinski definition) is 1. The second kappa shape index (κ2) is 11.9. The molecule has 0 saturated heterocycles. The van der Waals surface area contributed by atoms with Crippen molar-refractivity contribution < 1.29 is 5.11 Å². The Labute approximate surface area is 117 Å². The lowest BCUT2D eigenvalue weighted by Gasteiger charge is -2.01. The van der Waals surface area contributed by atoms with Crippen molar-refractivity contribution in [2.75, 3.05) is 6.61 Å². The number of allylic oxidation sites excluding steroid dienone is 1. The van der Waals surface area contributed by atoms with Crippen LogP contribution in [0, 0.1) is 0 Å². The van der Waals surface area contributed by atoms with Gasteiger partial charge in [0.25, 0.3) is 0 Å². The molecule has 106 valence electrons. The summed E-state index contributed by atoms with van der Waals surface area (Å²) < 4.78 is 0. The molecule has 0 fully saturated rings. The summed E-state index contributed by atoms with van der Waals surface area (Å²) in [5.41, 5.74) is 1.36. The molecule has 0 unspecified atom stereocenters. The summed E-state index contributed by atoms with van der Waals surface area (Å²) in [6, 6.07) is 4.17. The number of rotatable bonds is 11. The smallest absolute Gasteiger partial charge is 0.0465 e. The molecule has 2 heteroatoms. The average molecular weight is 261 g/mol. The molecule has 0 saturated carbocycles. The molecule has 1 N–H and O–H groups in total. The van der Waals surface area contributed by atoms with Crippen molar-refractivity contribution in [3.05, 3.63) is 42.2 Å². The Morgan fingerprint density at radius 1 is 0.947 bits per heavy atom. The number of aliphatic hydroxyl groups excluding tert-OH is 1. The van der Waals surface area contributed by atoms with Gasteiger partial charge in [0.15, 0.2) is 0 Å². The van der Waals surface area contributed by atoms with Crippen molar-refractivity contribution >= 4 is 0 Å². The molecule has 1 aromatic heterocycles. The van der Waals surface area contributed by atoms with E-state index in [9.17, 15) is 0 Å². The van der Waals surface area contributed by atoms with Crippen LogP contribution in [0.25, 0.3) is 0 Å². The van der Waals surface area contributed by atoms with Gasteiger partial charge < -0.3 is 5.11 Å². The van der Waals surface area contributed by atoms with E-state index in [2.05, 4.69) is 23.2 Å². The molecule has 0 atom stereocenters. The molecule has 0 aliphatic rings. The lowest BCUT2D eigenvalue weighted by atomic mass is 10.1. The van der Waals surface area contributed by atoms with Crippen molar-refractivity contribution in [1.82, 2.24) is 4.98 Å². The summed E-state index contributed by atoms with van der Waals surface area (Å²) in [5.74, 6) is 0. The number of aliphatic hydroxyl groups is 1. The third kappa shape index (κ3) is 9.43. The van der Waals surface area contributed by atoms with E-state index in [0.29, 0.717) is 0 Å². The zero-order valence-corrected chi connectivity index (χ0v) is 11.9. The van der Waals surface area contributed by atoms with Crippen LogP contribution in [0.3, 0.4) is 0 Å². The van der Waals surface area contributed by atoms with E-state index in [4.69, 9.17) is 5.11 Å². The maximum absolute atomic E-state index is 8.62. The van der Waals surface area contributed by atoms with Crippen LogP contribution in [0.15, 0.2) is 36.7 Å².